The summed E-state index contributed by atoms with van der Waals surface area (Å²) in [5, 5.41) is 1.51. The first-order valence-electron chi connectivity index (χ1n) is 9.92. The molecule has 0 aromatic heterocycles. The Morgan fingerprint density at radius 3 is 2.21 bits per heavy atom. The Hall–Kier alpha value is -2.05. The van der Waals surface area contributed by atoms with Crippen LogP contribution in [-0.2, 0) is 28.9 Å². The molecule has 0 spiro atoms. The molecule has 0 radical (unpaired) electrons. The van der Waals surface area contributed by atoms with Crippen LogP contribution in [0.25, 0.3) is 0 Å². The van der Waals surface area contributed by atoms with E-state index in [-0.39, 0.29) is 6.04 Å². The molecule has 1 heterocycles. The number of hydrogen-bond donors (Lipinski definition) is 0. The fourth-order valence-corrected chi connectivity index (χ4v) is 4.12. The van der Waals surface area contributed by atoms with Crippen LogP contribution < -0.4 is 0 Å². The molecule has 0 aliphatic carbocycles. The van der Waals surface area contributed by atoms with Crippen LogP contribution in [0.1, 0.15) is 18.1 Å². The second-order valence-electron chi connectivity index (χ2n) is 6.87. The van der Waals surface area contributed by atoms with Crippen molar-refractivity contribution >= 4 is 11.0 Å². The fraction of sp³-hybridized carbons (Fsp3) is 0.333. The molecule has 3 rings (SSSR count). The summed E-state index contributed by atoms with van der Waals surface area (Å²) < 4.78 is 20.3. The molecule has 5 heteroatoms. The number of nitrogens with zero attached hydrogens (tertiary/aromatic N) is 2. The van der Waals surface area contributed by atoms with Crippen molar-refractivity contribution in [3.8, 4) is 0 Å². The molecule has 1 unspecified atom stereocenters. The van der Waals surface area contributed by atoms with Gasteiger partial charge in [0.25, 0.3) is 0 Å². The Kier molecular flexibility index (Phi) is 10.6. The maximum absolute atomic E-state index is 12.3. The normalized spacial score (nSPS) is 18.3. The van der Waals surface area contributed by atoms with Gasteiger partial charge in [-0.15, -0.1) is 6.58 Å². The van der Waals surface area contributed by atoms with Gasteiger partial charge < -0.3 is 4.74 Å². The highest BCUT2D eigenvalue weighted by molar-refractivity contribution is 7.85. The molecular weight excluding hydrogens is 380 g/mol. The number of piperazine rings is 1. The summed E-state index contributed by atoms with van der Waals surface area (Å²) in [7, 11) is -1.16. The lowest BCUT2D eigenvalue weighted by molar-refractivity contribution is 0.0389. The van der Waals surface area contributed by atoms with Crippen molar-refractivity contribution in [2.24, 2.45) is 0 Å². The van der Waals surface area contributed by atoms with E-state index in [0.717, 1.165) is 31.7 Å². The van der Waals surface area contributed by atoms with Crippen LogP contribution >= 0.6 is 0 Å². The van der Waals surface area contributed by atoms with E-state index in [2.05, 4.69) is 54.5 Å². The smallest absolute Gasteiger partial charge is 0.119 e. The molecule has 2 atom stereocenters. The molecule has 0 saturated carbocycles. The zero-order valence-corrected chi connectivity index (χ0v) is 18.1. The first-order valence-corrected chi connectivity index (χ1v) is 11.1. The van der Waals surface area contributed by atoms with Crippen LogP contribution in [0.4, 0.5) is 0 Å². The highest BCUT2D eigenvalue weighted by Crippen LogP contribution is 2.16. The second-order valence-corrected chi connectivity index (χ2v) is 8.22. The molecule has 1 saturated heterocycles. The third-order valence-electron chi connectivity index (χ3n) is 4.56. The second kappa shape index (κ2) is 13.2. The van der Waals surface area contributed by atoms with Crippen molar-refractivity contribution in [1.82, 2.24) is 9.21 Å². The number of benzene rings is 2. The van der Waals surface area contributed by atoms with Crippen molar-refractivity contribution in [2.45, 2.75) is 26.1 Å². The standard InChI is InChI=1S/C21H26N2O2S.C3H6/c1-2-26(24)23-14-13-22(15-19-9-5-3-6-10-19)16-21(23)18-25-17-20-11-7-4-8-12-20;1-3-2/h2-12,21H,1,13-18H2;3H,1H2,2H3/t21-,26?;/m1./s1. The van der Waals surface area contributed by atoms with E-state index in [0.29, 0.717) is 13.2 Å². The average Bonchev–Trinajstić information content (AvgIpc) is 2.75. The predicted molar refractivity (Wildman–Crippen MR) is 123 cm³/mol. The van der Waals surface area contributed by atoms with E-state index in [4.69, 9.17) is 4.74 Å². The number of ether oxygens (including phenoxy) is 1. The van der Waals surface area contributed by atoms with Gasteiger partial charge in [-0.3, -0.25) is 4.90 Å². The number of allylic oxidation sites excluding steroid dienone is 1. The van der Waals surface area contributed by atoms with E-state index < -0.39 is 11.0 Å². The van der Waals surface area contributed by atoms with Gasteiger partial charge in [0.2, 0.25) is 0 Å². The van der Waals surface area contributed by atoms with Crippen molar-refractivity contribution in [1.29, 1.82) is 0 Å². The van der Waals surface area contributed by atoms with Crippen molar-refractivity contribution in [2.75, 3.05) is 26.2 Å². The van der Waals surface area contributed by atoms with Crippen LogP contribution in [0.5, 0.6) is 0 Å². The highest BCUT2D eigenvalue weighted by atomic mass is 32.2. The van der Waals surface area contributed by atoms with Crippen LogP contribution in [0.3, 0.4) is 0 Å². The van der Waals surface area contributed by atoms with Crippen LogP contribution in [-0.4, -0.2) is 45.7 Å². The molecule has 2 aromatic carbocycles. The Labute approximate surface area is 178 Å². The van der Waals surface area contributed by atoms with Crippen molar-refractivity contribution in [3.63, 3.8) is 0 Å². The summed E-state index contributed by atoms with van der Waals surface area (Å²) in [6.07, 6.45) is 1.75. The molecule has 4 nitrogen and oxygen atoms in total. The van der Waals surface area contributed by atoms with Gasteiger partial charge in [0.15, 0.2) is 0 Å². The Balaban J connectivity index is 0.000000941. The zero-order chi connectivity index (χ0) is 20.9. The Morgan fingerprint density at radius 1 is 1.03 bits per heavy atom. The Bertz CT molecular complexity index is 752. The first kappa shape index (κ1) is 23.2. The van der Waals surface area contributed by atoms with Gasteiger partial charge in [-0.25, -0.2) is 8.51 Å². The SMILES string of the molecule is C=CC.C=CS(=O)N1CCN(Cc2ccccc2)C[C@@H]1COCc1ccccc1. The monoisotopic (exact) mass is 412 g/mol. The van der Waals surface area contributed by atoms with Crippen LogP contribution in [0, 0.1) is 0 Å². The molecule has 1 aliphatic rings. The molecule has 29 heavy (non-hydrogen) atoms. The summed E-state index contributed by atoms with van der Waals surface area (Å²) in [6, 6.07) is 20.7. The summed E-state index contributed by atoms with van der Waals surface area (Å²) in [4.78, 5) is 2.41. The van der Waals surface area contributed by atoms with Gasteiger partial charge in [0.05, 0.1) is 19.3 Å². The molecular formula is C24H32N2O2S. The third kappa shape index (κ3) is 8.07. The minimum Gasteiger partial charge on any atom is -0.375 e. The lowest BCUT2D eigenvalue weighted by Crippen LogP contribution is -2.54. The van der Waals surface area contributed by atoms with Gasteiger partial charge in [0, 0.05) is 31.6 Å². The summed E-state index contributed by atoms with van der Waals surface area (Å²) >= 11 is 0. The van der Waals surface area contributed by atoms with Crippen molar-refractivity contribution < 1.29 is 8.95 Å². The number of rotatable bonds is 8. The van der Waals surface area contributed by atoms with E-state index in [1.807, 2.05) is 35.5 Å². The maximum atomic E-state index is 12.3. The van der Waals surface area contributed by atoms with Gasteiger partial charge in [-0.2, -0.15) is 0 Å². The third-order valence-corrected chi connectivity index (χ3v) is 5.79. The van der Waals surface area contributed by atoms with Crippen LogP contribution in [0.15, 0.2) is 85.3 Å². The van der Waals surface area contributed by atoms with Gasteiger partial charge in [-0.05, 0) is 18.1 Å². The molecule has 0 N–H and O–H groups in total. The van der Waals surface area contributed by atoms with E-state index in [1.54, 1.807) is 6.08 Å². The molecule has 156 valence electrons. The fourth-order valence-electron chi connectivity index (χ4n) is 3.24. The van der Waals surface area contributed by atoms with Crippen molar-refractivity contribution in [3.05, 3.63) is 96.4 Å². The highest BCUT2D eigenvalue weighted by Gasteiger charge is 2.30. The largest absolute Gasteiger partial charge is 0.375 e. The maximum Gasteiger partial charge on any atom is 0.119 e. The molecule has 2 aromatic rings. The molecule has 1 fully saturated rings. The van der Waals surface area contributed by atoms with Gasteiger partial charge >= 0.3 is 0 Å². The molecule has 0 amide bonds. The van der Waals surface area contributed by atoms with E-state index >= 15 is 0 Å². The predicted octanol–water partition coefficient (Wildman–Crippen LogP) is 4.39. The van der Waals surface area contributed by atoms with Crippen LogP contribution in [0.2, 0.25) is 0 Å². The van der Waals surface area contributed by atoms with E-state index in [9.17, 15) is 4.21 Å². The molecule has 0 bridgehead atoms. The minimum absolute atomic E-state index is 0.0926. The van der Waals surface area contributed by atoms with Gasteiger partial charge in [0.1, 0.15) is 11.0 Å². The quantitative estimate of drug-likeness (QED) is 0.603. The number of hydrogen-bond acceptors (Lipinski definition) is 3. The van der Waals surface area contributed by atoms with Gasteiger partial charge in [-0.1, -0.05) is 73.3 Å². The lowest BCUT2D eigenvalue weighted by Gasteiger charge is -2.39. The zero-order valence-electron chi connectivity index (χ0n) is 17.3. The first-order chi connectivity index (χ1) is 14.2. The summed E-state index contributed by atoms with van der Waals surface area (Å²) in [5.41, 5.74) is 2.45. The average molecular weight is 413 g/mol. The minimum atomic E-state index is -1.16. The van der Waals surface area contributed by atoms with E-state index in [1.165, 1.54) is 11.0 Å². The topological polar surface area (TPSA) is 32.8 Å². The summed E-state index contributed by atoms with van der Waals surface area (Å²) in [5.74, 6) is 0. The summed E-state index contributed by atoms with van der Waals surface area (Å²) in [6.45, 7) is 13.5. The molecule has 1 aliphatic heterocycles. The lowest BCUT2D eigenvalue weighted by atomic mass is 10.1. The Morgan fingerprint density at radius 2 is 1.62 bits per heavy atom.